The maximum Gasteiger partial charge on any atom is 0.129 e. The van der Waals surface area contributed by atoms with Crippen LogP contribution in [0.4, 0.5) is 4.39 Å². The SMILES string of the molecule is CC(C)(C)NCc1c(F)cccc1-n1cc(Br)cn1. The first-order chi connectivity index (χ1) is 8.87. The molecule has 0 amide bonds. The van der Waals surface area contributed by atoms with Gasteiger partial charge in [-0.05, 0) is 48.8 Å². The van der Waals surface area contributed by atoms with Gasteiger partial charge < -0.3 is 5.32 Å². The highest BCUT2D eigenvalue weighted by atomic mass is 79.9. The Hall–Kier alpha value is -1.20. The predicted molar refractivity (Wildman–Crippen MR) is 77.8 cm³/mol. The molecule has 0 radical (unpaired) electrons. The molecule has 1 aromatic heterocycles. The van der Waals surface area contributed by atoms with Crippen molar-refractivity contribution in [2.45, 2.75) is 32.9 Å². The predicted octanol–water partition coefficient (Wildman–Crippen LogP) is 3.66. The van der Waals surface area contributed by atoms with Crippen LogP contribution in [0.25, 0.3) is 5.69 Å². The van der Waals surface area contributed by atoms with E-state index in [4.69, 9.17) is 0 Å². The Balaban J connectivity index is 2.36. The van der Waals surface area contributed by atoms with Crippen molar-refractivity contribution in [3.8, 4) is 5.69 Å². The Morgan fingerprint density at radius 3 is 2.68 bits per heavy atom. The van der Waals surface area contributed by atoms with Crippen LogP contribution in [0.1, 0.15) is 26.3 Å². The van der Waals surface area contributed by atoms with Gasteiger partial charge in [0.1, 0.15) is 5.82 Å². The standard InChI is InChI=1S/C14H17BrFN3/c1-14(2,3)17-8-11-12(16)5-4-6-13(11)19-9-10(15)7-18-19/h4-7,9,17H,8H2,1-3H3. The highest BCUT2D eigenvalue weighted by Crippen LogP contribution is 2.20. The van der Waals surface area contributed by atoms with Crippen molar-refractivity contribution in [2.24, 2.45) is 0 Å². The summed E-state index contributed by atoms with van der Waals surface area (Å²) >= 11 is 3.35. The van der Waals surface area contributed by atoms with Gasteiger partial charge in [0.05, 0.1) is 16.4 Å². The number of benzene rings is 1. The van der Waals surface area contributed by atoms with Gasteiger partial charge in [0, 0.05) is 23.8 Å². The lowest BCUT2D eigenvalue weighted by Gasteiger charge is -2.22. The Kier molecular flexibility index (Phi) is 4.06. The quantitative estimate of drug-likeness (QED) is 0.933. The van der Waals surface area contributed by atoms with Crippen LogP contribution in [0.5, 0.6) is 0 Å². The third kappa shape index (κ3) is 3.64. The normalized spacial score (nSPS) is 11.8. The van der Waals surface area contributed by atoms with E-state index in [1.54, 1.807) is 16.9 Å². The number of halogens is 2. The van der Waals surface area contributed by atoms with E-state index in [2.05, 4.69) is 47.1 Å². The molecule has 0 saturated carbocycles. The Morgan fingerprint density at radius 2 is 2.11 bits per heavy atom. The summed E-state index contributed by atoms with van der Waals surface area (Å²) in [6.45, 7) is 6.62. The molecule has 2 aromatic rings. The molecular weight excluding hydrogens is 309 g/mol. The third-order valence-electron chi connectivity index (χ3n) is 2.69. The Labute approximate surface area is 121 Å². The molecule has 3 nitrogen and oxygen atoms in total. The molecule has 0 bridgehead atoms. The molecule has 0 unspecified atom stereocenters. The fourth-order valence-electron chi connectivity index (χ4n) is 1.72. The largest absolute Gasteiger partial charge is 0.308 e. The maximum atomic E-state index is 14.0. The molecule has 1 heterocycles. The smallest absolute Gasteiger partial charge is 0.129 e. The molecule has 1 N–H and O–H groups in total. The van der Waals surface area contributed by atoms with Gasteiger partial charge in [-0.2, -0.15) is 5.10 Å². The first kappa shape index (κ1) is 14.2. The molecule has 0 spiro atoms. The van der Waals surface area contributed by atoms with Gasteiger partial charge in [-0.15, -0.1) is 0 Å². The lowest BCUT2D eigenvalue weighted by Crippen LogP contribution is -2.35. The number of hydrogen-bond donors (Lipinski definition) is 1. The van der Waals surface area contributed by atoms with Crippen LogP contribution in [-0.4, -0.2) is 15.3 Å². The number of rotatable bonds is 3. The van der Waals surface area contributed by atoms with Gasteiger partial charge in [-0.25, -0.2) is 9.07 Å². The number of nitrogens with one attached hydrogen (secondary N) is 1. The molecule has 0 saturated heterocycles. The summed E-state index contributed by atoms with van der Waals surface area (Å²) in [4.78, 5) is 0. The summed E-state index contributed by atoms with van der Waals surface area (Å²) in [6.07, 6.45) is 3.50. The van der Waals surface area contributed by atoms with Crippen LogP contribution < -0.4 is 5.32 Å². The van der Waals surface area contributed by atoms with Crippen molar-refractivity contribution in [1.82, 2.24) is 15.1 Å². The minimum Gasteiger partial charge on any atom is -0.308 e. The van der Waals surface area contributed by atoms with E-state index in [1.165, 1.54) is 6.07 Å². The van der Waals surface area contributed by atoms with Crippen LogP contribution in [0.3, 0.4) is 0 Å². The van der Waals surface area contributed by atoms with E-state index in [1.807, 2.05) is 12.3 Å². The lowest BCUT2D eigenvalue weighted by molar-refractivity contribution is 0.418. The zero-order chi connectivity index (χ0) is 14.0. The second kappa shape index (κ2) is 5.43. The van der Waals surface area contributed by atoms with E-state index in [-0.39, 0.29) is 11.4 Å². The van der Waals surface area contributed by atoms with Crippen LogP contribution in [0.2, 0.25) is 0 Å². The minimum atomic E-state index is -0.221. The summed E-state index contributed by atoms with van der Waals surface area (Å²) in [7, 11) is 0. The summed E-state index contributed by atoms with van der Waals surface area (Å²) in [6, 6.07) is 5.03. The number of aromatic nitrogens is 2. The van der Waals surface area contributed by atoms with E-state index in [0.29, 0.717) is 12.1 Å². The van der Waals surface area contributed by atoms with Crippen LogP contribution in [0, 0.1) is 5.82 Å². The number of nitrogens with zero attached hydrogens (tertiary/aromatic N) is 2. The molecule has 0 fully saturated rings. The molecule has 0 aliphatic heterocycles. The van der Waals surface area contributed by atoms with Gasteiger partial charge in [0.25, 0.3) is 0 Å². The van der Waals surface area contributed by atoms with Gasteiger partial charge >= 0.3 is 0 Å². The van der Waals surface area contributed by atoms with Crippen molar-refractivity contribution in [2.75, 3.05) is 0 Å². The summed E-state index contributed by atoms with van der Waals surface area (Å²) in [5.41, 5.74) is 1.31. The topological polar surface area (TPSA) is 29.9 Å². The molecule has 102 valence electrons. The fraction of sp³-hybridized carbons (Fsp3) is 0.357. The maximum absolute atomic E-state index is 14.0. The van der Waals surface area contributed by atoms with Crippen molar-refractivity contribution in [3.05, 3.63) is 46.4 Å². The summed E-state index contributed by atoms with van der Waals surface area (Å²) in [5.74, 6) is -0.221. The molecule has 0 aliphatic carbocycles. The monoisotopic (exact) mass is 325 g/mol. The molecule has 0 aliphatic rings. The van der Waals surface area contributed by atoms with Gasteiger partial charge in [0.2, 0.25) is 0 Å². The molecule has 1 aromatic carbocycles. The van der Waals surface area contributed by atoms with Crippen LogP contribution in [-0.2, 0) is 6.54 Å². The first-order valence-electron chi connectivity index (χ1n) is 6.10. The van der Waals surface area contributed by atoms with E-state index >= 15 is 0 Å². The average molecular weight is 326 g/mol. The fourth-order valence-corrected chi connectivity index (χ4v) is 2.01. The first-order valence-corrected chi connectivity index (χ1v) is 6.89. The second-order valence-corrected chi connectivity index (χ2v) is 6.36. The lowest BCUT2D eigenvalue weighted by atomic mass is 10.1. The van der Waals surface area contributed by atoms with Crippen LogP contribution in [0.15, 0.2) is 35.1 Å². The van der Waals surface area contributed by atoms with Gasteiger partial charge in [0.15, 0.2) is 0 Å². The van der Waals surface area contributed by atoms with Crippen molar-refractivity contribution >= 4 is 15.9 Å². The minimum absolute atomic E-state index is 0.0652. The summed E-state index contributed by atoms with van der Waals surface area (Å²) < 4.78 is 16.6. The van der Waals surface area contributed by atoms with Gasteiger partial charge in [-0.3, -0.25) is 0 Å². The Bertz CT molecular complexity index is 572. The highest BCUT2D eigenvalue weighted by Gasteiger charge is 2.14. The molecule has 2 rings (SSSR count). The van der Waals surface area contributed by atoms with Gasteiger partial charge in [-0.1, -0.05) is 6.07 Å². The van der Waals surface area contributed by atoms with Crippen molar-refractivity contribution in [1.29, 1.82) is 0 Å². The zero-order valence-electron chi connectivity index (χ0n) is 11.2. The molecular formula is C14H17BrFN3. The second-order valence-electron chi connectivity index (χ2n) is 5.44. The van der Waals surface area contributed by atoms with Crippen molar-refractivity contribution < 1.29 is 4.39 Å². The molecule has 0 atom stereocenters. The molecule has 19 heavy (non-hydrogen) atoms. The van der Waals surface area contributed by atoms with Crippen LogP contribution >= 0.6 is 15.9 Å². The van der Waals surface area contributed by atoms with Crippen molar-refractivity contribution in [3.63, 3.8) is 0 Å². The zero-order valence-corrected chi connectivity index (χ0v) is 12.8. The van der Waals surface area contributed by atoms with E-state index in [9.17, 15) is 4.39 Å². The summed E-state index contributed by atoms with van der Waals surface area (Å²) in [5, 5.41) is 7.51. The third-order valence-corrected chi connectivity index (χ3v) is 3.10. The van der Waals surface area contributed by atoms with E-state index < -0.39 is 0 Å². The Morgan fingerprint density at radius 1 is 1.37 bits per heavy atom. The highest BCUT2D eigenvalue weighted by molar-refractivity contribution is 9.10. The number of hydrogen-bond acceptors (Lipinski definition) is 2. The average Bonchev–Trinajstić information content (AvgIpc) is 2.72. The molecule has 5 heteroatoms. The van der Waals surface area contributed by atoms with E-state index in [0.717, 1.165) is 10.2 Å².